The van der Waals surface area contributed by atoms with E-state index >= 15 is 0 Å². The molecule has 0 amide bonds. The first kappa shape index (κ1) is 10.1. The van der Waals surface area contributed by atoms with Crippen LogP contribution in [0.1, 0.15) is 18.4 Å². The van der Waals surface area contributed by atoms with E-state index in [0.29, 0.717) is 0 Å². The van der Waals surface area contributed by atoms with Crippen molar-refractivity contribution < 1.29 is 0 Å². The summed E-state index contributed by atoms with van der Waals surface area (Å²) in [6, 6.07) is 10.8. The number of hydrogen-bond acceptors (Lipinski definition) is 1. The molecule has 0 radical (unpaired) electrons. The van der Waals surface area contributed by atoms with Gasteiger partial charge >= 0.3 is 0 Å². The Kier molecular flexibility index (Phi) is 2.79. The standard InChI is InChI=1S/C15H19N/c1-2-5-13(6-3-1)11-16-10-9-14-7-4-8-15(14)12-16/h1-7,14-15H,8-12H2. The minimum Gasteiger partial charge on any atom is -0.299 e. The lowest BCUT2D eigenvalue weighted by Gasteiger charge is -2.34. The summed E-state index contributed by atoms with van der Waals surface area (Å²) in [5.74, 6) is 1.78. The molecule has 3 rings (SSSR count). The molecule has 1 aromatic rings. The van der Waals surface area contributed by atoms with Crippen LogP contribution in [-0.2, 0) is 6.54 Å². The first-order chi connectivity index (χ1) is 7.92. The second kappa shape index (κ2) is 4.42. The summed E-state index contributed by atoms with van der Waals surface area (Å²) in [7, 11) is 0. The largest absolute Gasteiger partial charge is 0.299 e. The molecule has 2 atom stereocenters. The van der Waals surface area contributed by atoms with Gasteiger partial charge in [0.05, 0.1) is 0 Å². The van der Waals surface area contributed by atoms with Gasteiger partial charge in [-0.2, -0.15) is 0 Å². The zero-order chi connectivity index (χ0) is 10.8. The molecular weight excluding hydrogens is 194 g/mol. The molecule has 1 nitrogen and oxygen atoms in total. The van der Waals surface area contributed by atoms with Crippen molar-refractivity contribution in [2.45, 2.75) is 19.4 Å². The van der Waals surface area contributed by atoms with Gasteiger partial charge in [-0.15, -0.1) is 0 Å². The van der Waals surface area contributed by atoms with Crippen LogP contribution in [0.2, 0.25) is 0 Å². The van der Waals surface area contributed by atoms with E-state index in [1.165, 1.54) is 31.5 Å². The molecule has 1 aromatic carbocycles. The quantitative estimate of drug-likeness (QED) is 0.682. The molecule has 1 aliphatic carbocycles. The van der Waals surface area contributed by atoms with Crippen molar-refractivity contribution in [1.29, 1.82) is 0 Å². The third-order valence-electron chi connectivity index (χ3n) is 3.95. The summed E-state index contributed by atoms with van der Waals surface area (Å²) < 4.78 is 0. The second-order valence-corrected chi connectivity index (χ2v) is 5.10. The van der Waals surface area contributed by atoms with Gasteiger partial charge in [-0.05, 0) is 36.8 Å². The van der Waals surface area contributed by atoms with Crippen molar-refractivity contribution in [3.63, 3.8) is 0 Å². The molecule has 1 aliphatic heterocycles. The Morgan fingerprint density at radius 1 is 1.19 bits per heavy atom. The Labute approximate surface area is 97.8 Å². The Morgan fingerprint density at radius 3 is 2.94 bits per heavy atom. The fraction of sp³-hybridized carbons (Fsp3) is 0.467. The van der Waals surface area contributed by atoms with E-state index in [1.54, 1.807) is 0 Å². The van der Waals surface area contributed by atoms with Gasteiger partial charge in [-0.25, -0.2) is 0 Å². The van der Waals surface area contributed by atoms with Crippen LogP contribution in [0.25, 0.3) is 0 Å². The molecular formula is C15H19N. The van der Waals surface area contributed by atoms with Crippen LogP contribution in [0, 0.1) is 11.8 Å². The van der Waals surface area contributed by atoms with E-state index in [4.69, 9.17) is 0 Å². The summed E-state index contributed by atoms with van der Waals surface area (Å²) >= 11 is 0. The van der Waals surface area contributed by atoms with Crippen LogP contribution in [-0.4, -0.2) is 18.0 Å². The van der Waals surface area contributed by atoms with Crippen molar-refractivity contribution in [3.8, 4) is 0 Å². The van der Waals surface area contributed by atoms with Crippen LogP contribution >= 0.6 is 0 Å². The predicted octanol–water partition coefficient (Wildman–Crippen LogP) is 3.08. The molecule has 84 valence electrons. The van der Waals surface area contributed by atoms with E-state index in [2.05, 4.69) is 47.4 Å². The molecule has 16 heavy (non-hydrogen) atoms. The first-order valence-electron chi connectivity index (χ1n) is 6.35. The fourth-order valence-corrected chi connectivity index (χ4v) is 3.04. The lowest BCUT2D eigenvalue weighted by Crippen LogP contribution is -2.37. The second-order valence-electron chi connectivity index (χ2n) is 5.10. The smallest absolute Gasteiger partial charge is 0.0233 e. The summed E-state index contributed by atoms with van der Waals surface area (Å²) in [6.45, 7) is 3.68. The third kappa shape index (κ3) is 2.05. The Balaban J connectivity index is 1.61. The van der Waals surface area contributed by atoms with Crippen LogP contribution in [0.3, 0.4) is 0 Å². The van der Waals surface area contributed by atoms with Crippen LogP contribution in [0.5, 0.6) is 0 Å². The van der Waals surface area contributed by atoms with E-state index in [9.17, 15) is 0 Å². The number of likely N-dealkylation sites (tertiary alicyclic amines) is 1. The fourth-order valence-electron chi connectivity index (χ4n) is 3.04. The summed E-state index contributed by atoms with van der Waals surface area (Å²) in [4.78, 5) is 2.61. The normalized spacial score (nSPS) is 29.2. The number of hydrogen-bond donors (Lipinski definition) is 0. The maximum atomic E-state index is 2.61. The van der Waals surface area contributed by atoms with Gasteiger partial charge in [0.25, 0.3) is 0 Å². The van der Waals surface area contributed by atoms with Gasteiger partial charge < -0.3 is 0 Å². The van der Waals surface area contributed by atoms with Crippen molar-refractivity contribution in [3.05, 3.63) is 48.0 Å². The zero-order valence-corrected chi connectivity index (χ0v) is 9.68. The Bertz CT molecular complexity index is 368. The van der Waals surface area contributed by atoms with Crippen molar-refractivity contribution in [1.82, 2.24) is 4.90 Å². The average Bonchev–Trinajstić information content (AvgIpc) is 2.77. The minimum absolute atomic E-state index is 0.882. The SMILES string of the molecule is C1=CC2CCN(Cc3ccccc3)CC2C1. The summed E-state index contributed by atoms with van der Waals surface area (Å²) in [5.41, 5.74) is 1.45. The molecule has 0 aromatic heterocycles. The van der Waals surface area contributed by atoms with E-state index in [0.717, 1.165) is 18.4 Å². The number of benzene rings is 1. The first-order valence-corrected chi connectivity index (χ1v) is 6.35. The van der Waals surface area contributed by atoms with Crippen molar-refractivity contribution in [2.24, 2.45) is 11.8 Å². The lowest BCUT2D eigenvalue weighted by molar-refractivity contribution is 0.143. The van der Waals surface area contributed by atoms with Crippen molar-refractivity contribution in [2.75, 3.05) is 13.1 Å². The van der Waals surface area contributed by atoms with Crippen LogP contribution in [0.15, 0.2) is 42.5 Å². The van der Waals surface area contributed by atoms with Gasteiger partial charge in [0.15, 0.2) is 0 Å². The zero-order valence-electron chi connectivity index (χ0n) is 9.68. The number of fused-ring (bicyclic) bond motifs is 1. The van der Waals surface area contributed by atoms with Gasteiger partial charge in [-0.3, -0.25) is 4.90 Å². The lowest BCUT2D eigenvalue weighted by atomic mass is 9.88. The van der Waals surface area contributed by atoms with Gasteiger partial charge in [0, 0.05) is 13.1 Å². The van der Waals surface area contributed by atoms with Gasteiger partial charge in [0.1, 0.15) is 0 Å². The van der Waals surface area contributed by atoms with E-state index < -0.39 is 0 Å². The summed E-state index contributed by atoms with van der Waals surface area (Å²) in [5, 5.41) is 0. The third-order valence-corrected chi connectivity index (χ3v) is 3.95. The summed E-state index contributed by atoms with van der Waals surface area (Å²) in [6.07, 6.45) is 7.47. The van der Waals surface area contributed by atoms with E-state index in [-0.39, 0.29) is 0 Å². The highest BCUT2D eigenvalue weighted by atomic mass is 15.1. The highest BCUT2D eigenvalue weighted by Crippen LogP contribution is 2.33. The van der Waals surface area contributed by atoms with Gasteiger partial charge in [-0.1, -0.05) is 42.5 Å². The molecule has 1 heteroatoms. The van der Waals surface area contributed by atoms with Crippen molar-refractivity contribution >= 4 is 0 Å². The highest BCUT2D eigenvalue weighted by molar-refractivity contribution is 5.15. The molecule has 1 heterocycles. The van der Waals surface area contributed by atoms with Crippen LogP contribution < -0.4 is 0 Å². The molecule has 0 bridgehead atoms. The number of piperidine rings is 1. The Morgan fingerprint density at radius 2 is 2.06 bits per heavy atom. The van der Waals surface area contributed by atoms with Gasteiger partial charge in [0.2, 0.25) is 0 Å². The molecule has 0 saturated carbocycles. The molecule has 2 aliphatic rings. The maximum absolute atomic E-state index is 2.61. The molecule has 0 spiro atoms. The van der Waals surface area contributed by atoms with Crippen LogP contribution in [0.4, 0.5) is 0 Å². The minimum atomic E-state index is 0.882. The highest BCUT2D eigenvalue weighted by Gasteiger charge is 2.29. The maximum Gasteiger partial charge on any atom is 0.0233 e. The Hall–Kier alpha value is -1.08. The number of nitrogens with zero attached hydrogens (tertiary/aromatic N) is 1. The monoisotopic (exact) mass is 213 g/mol. The number of rotatable bonds is 2. The topological polar surface area (TPSA) is 3.24 Å². The van der Waals surface area contributed by atoms with E-state index in [1.807, 2.05) is 0 Å². The molecule has 0 N–H and O–H groups in total. The molecule has 1 saturated heterocycles. The molecule has 1 fully saturated rings. The molecule has 2 unspecified atom stereocenters. The predicted molar refractivity (Wildman–Crippen MR) is 67.1 cm³/mol. The average molecular weight is 213 g/mol. The number of allylic oxidation sites excluding steroid dienone is 2.